The fourth-order valence-corrected chi connectivity index (χ4v) is 4.75. The van der Waals surface area contributed by atoms with Gasteiger partial charge in [-0.15, -0.1) is 0 Å². The number of hydrogen-bond donors (Lipinski definition) is 3. The van der Waals surface area contributed by atoms with Gasteiger partial charge in [-0.25, -0.2) is 0 Å². The number of rotatable bonds is 5. The van der Waals surface area contributed by atoms with Gasteiger partial charge in [0.2, 0.25) is 0 Å². The van der Waals surface area contributed by atoms with Crippen molar-refractivity contribution in [2.24, 2.45) is 5.92 Å². The molecule has 3 N–H and O–H groups in total. The highest BCUT2D eigenvalue weighted by molar-refractivity contribution is 5.95. The molecule has 1 aliphatic carbocycles. The molecule has 3 unspecified atom stereocenters. The fourth-order valence-electron chi connectivity index (χ4n) is 4.75. The summed E-state index contributed by atoms with van der Waals surface area (Å²) in [5, 5.41) is 10.6. The Balaban J connectivity index is 1.44. The lowest BCUT2D eigenvalue weighted by Crippen LogP contribution is -2.42. The fraction of sp³-hybridized carbons (Fsp3) is 0.458. The third kappa shape index (κ3) is 3.71. The number of benzene rings is 2. The second-order valence-electron chi connectivity index (χ2n) is 8.41. The van der Waals surface area contributed by atoms with E-state index in [9.17, 15) is 4.79 Å². The van der Waals surface area contributed by atoms with E-state index in [4.69, 9.17) is 4.74 Å². The molecule has 29 heavy (non-hydrogen) atoms. The molecule has 2 heterocycles. The maximum atomic E-state index is 12.5. The summed E-state index contributed by atoms with van der Waals surface area (Å²) < 4.78 is 5.61. The van der Waals surface area contributed by atoms with E-state index in [0.717, 1.165) is 36.4 Å². The molecule has 2 fully saturated rings. The van der Waals surface area contributed by atoms with Crippen LogP contribution in [0.4, 0.5) is 5.69 Å². The molecule has 1 saturated heterocycles. The molecule has 2 aromatic carbocycles. The number of nitrogens with one attached hydrogen (secondary N) is 3. The smallest absolute Gasteiger partial charge is 0.251 e. The first-order valence-corrected chi connectivity index (χ1v) is 10.9. The lowest BCUT2D eigenvalue weighted by atomic mass is 9.75. The molecule has 3 atom stereocenters. The third-order valence-electron chi connectivity index (χ3n) is 6.36. The summed E-state index contributed by atoms with van der Waals surface area (Å²) in [6, 6.07) is 15.5. The molecule has 3 aliphatic rings. The summed E-state index contributed by atoms with van der Waals surface area (Å²) >= 11 is 0. The number of piperidine rings is 1. The Labute approximate surface area is 172 Å². The van der Waals surface area contributed by atoms with Gasteiger partial charge < -0.3 is 20.7 Å². The Morgan fingerprint density at radius 3 is 2.69 bits per heavy atom. The number of carbonyl (C=O) groups excluding carboxylic acids is 1. The average Bonchev–Trinajstić information content (AvgIpc) is 3.58. The van der Waals surface area contributed by atoms with Crippen LogP contribution in [0.2, 0.25) is 0 Å². The summed E-state index contributed by atoms with van der Waals surface area (Å²) in [6.45, 7) is 3.71. The first kappa shape index (κ1) is 18.5. The van der Waals surface area contributed by atoms with Crippen molar-refractivity contribution < 1.29 is 9.53 Å². The van der Waals surface area contributed by atoms with E-state index in [0.29, 0.717) is 18.6 Å². The molecule has 0 bridgehead atoms. The Kier molecular flexibility index (Phi) is 4.92. The lowest BCUT2D eigenvalue weighted by Gasteiger charge is -2.44. The predicted octanol–water partition coefficient (Wildman–Crippen LogP) is 4.19. The van der Waals surface area contributed by atoms with Crippen molar-refractivity contribution in [3.05, 3.63) is 59.2 Å². The molecule has 0 aromatic heterocycles. The van der Waals surface area contributed by atoms with E-state index in [2.05, 4.69) is 52.3 Å². The van der Waals surface area contributed by atoms with E-state index in [1.165, 1.54) is 24.0 Å². The highest BCUT2D eigenvalue weighted by atomic mass is 16.5. The largest absolute Gasteiger partial charge is 0.494 e. The number of amides is 1. The summed E-state index contributed by atoms with van der Waals surface area (Å²) in [5.41, 5.74) is 4.40. The van der Waals surface area contributed by atoms with Gasteiger partial charge in [-0.1, -0.05) is 12.1 Å². The van der Waals surface area contributed by atoms with E-state index in [1.807, 2.05) is 13.0 Å². The maximum absolute atomic E-state index is 12.5. The number of ether oxygens (including phenoxy) is 1. The summed E-state index contributed by atoms with van der Waals surface area (Å²) in [4.78, 5) is 12.5. The van der Waals surface area contributed by atoms with E-state index < -0.39 is 0 Å². The van der Waals surface area contributed by atoms with Crippen LogP contribution in [-0.4, -0.2) is 25.1 Å². The first-order valence-electron chi connectivity index (χ1n) is 10.9. The standard InChI is InChI=1S/C24H29N3O2/c1-2-29-18-10-5-15(6-11-18)22-19-4-3-13-25-23(19)20-14-16(7-12-21(20)27-22)24(28)26-17-8-9-17/h5-7,10-12,14,17,19,22-23,25,27H,2-4,8-9,13H2,1H3,(H,26,28). The van der Waals surface area contributed by atoms with E-state index in [1.54, 1.807) is 0 Å². The number of carbonyl (C=O) groups is 1. The monoisotopic (exact) mass is 391 g/mol. The van der Waals surface area contributed by atoms with Crippen molar-refractivity contribution in [3.63, 3.8) is 0 Å². The van der Waals surface area contributed by atoms with Crippen LogP contribution >= 0.6 is 0 Å². The Hall–Kier alpha value is -2.53. The van der Waals surface area contributed by atoms with Gasteiger partial charge in [0, 0.05) is 29.3 Å². The SMILES string of the molecule is CCOc1ccc(C2Nc3ccc(C(=O)NC4CC4)cc3C3NCCCC23)cc1. The van der Waals surface area contributed by atoms with Gasteiger partial charge in [0.1, 0.15) is 5.75 Å². The van der Waals surface area contributed by atoms with Crippen LogP contribution in [0, 0.1) is 5.92 Å². The molecule has 1 saturated carbocycles. The predicted molar refractivity (Wildman–Crippen MR) is 114 cm³/mol. The van der Waals surface area contributed by atoms with E-state index in [-0.39, 0.29) is 18.0 Å². The zero-order valence-corrected chi connectivity index (χ0v) is 16.9. The minimum atomic E-state index is 0.0521. The van der Waals surface area contributed by atoms with Crippen molar-refractivity contribution in [1.82, 2.24) is 10.6 Å². The minimum Gasteiger partial charge on any atom is -0.494 e. The van der Waals surface area contributed by atoms with Gasteiger partial charge in [-0.3, -0.25) is 4.79 Å². The van der Waals surface area contributed by atoms with Crippen LogP contribution in [-0.2, 0) is 0 Å². The Morgan fingerprint density at radius 2 is 1.93 bits per heavy atom. The molecule has 0 spiro atoms. The van der Waals surface area contributed by atoms with Crippen molar-refractivity contribution in [2.75, 3.05) is 18.5 Å². The molecule has 1 amide bonds. The molecular weight excluding hydrogens is 362 g/mol. The van der Waals surface area contributed by atoms with Gasteiger partial charge >= 0.3 is 0 Å². The quantitative estimate of drug-likeness (QED) is 0.715. The van der Waals surface area contributed by atoms with Gasteiger partial charge in [-0.05, 0) is 80.6 Å². The van der Waals surface area contributed by atoms with Crippen LogP contribution in [0.25, 0.3) is 0 Å². The second-order valence-corrected chi connectivity index (χ2v) is 8.41. The van der Waals surface area contributed by atoms with Gasteiger partial charge in [0.15, 0.2) is 0 Å². The van der Waals surface area contributed by atoms with Gasteiger partial charge in [-0.2, -0.15) is 0 Å². The summed E-state index contributed by atoms with van der Waals surface area (Å²) in [7, 11) is 0. The molecular formula is C24H29N3O2. The molecule has 2 aliphatic heterocycles. The Morgan fingerprint density at radius 1 is 1.10 bits per heavy atom. The van der Waals surface area contributed by atoms with Gasteiger partial charge in [0.05, 0.1) is 12.6 Å². The number of anilines is 1. The number of fused-ring (bicyclic) bond motifs is 3. The zero-order valence-electron chi connectivity index (χ0n) is 16.9. The molecule has 5 heteroatoms. The zero-order chi connectivity index (χ0) is 19.8. The first-order chi connectivity index (χ1) is 14.2. The van der Waals surface area contributed by atoms with Crippen molar-refractivity contribution in [2.45, 2.75) is 50.7 Å². The topological polar surface area (TPSA) is 62.4 Å². The van der Waals surface area contributed by atoms with Crippen LogP contribution in [0.1, 0.15) is 66.2 Å². The highest BCUT2D eigenvalue weighted by Gasteiger charge is 2.39. The number of hydrogen-bond acceptors (Lipinski definition) is 4. The van der Waals surface area contributed by atoms with Crippen LogP contribution in [0.3, 0.4) is 0 Å². The maximum Gasteiger partial charge on any atom is 0.251 e. The molecule has 5 rings (SSSR count). The normalized spacial score (nSPS) is 25.3. The van der Waals surface area contributed by atoms with Crippen LogP contribution < -0.4 is 20.7 Å². The average molecular weight is 392 g/mol. The van der Waals surface area contributed by atoms with Crippen molar-refractivity contribution in [1.29, 1.82) is 0 Å². The minimum absolute atomic E-state index is 0.0521. The van der Waals surface area contributed by atoms with Crippen molar-refractivity contribution in [3.8, 4) is 5.75 Å². The van der Waals surface area contributed by atoms with Gasteiger partial charge in [0.25, 0.3) is 5.91 Å². The van der Waals surface area contributed by atoms with Crippen LogP contribution in [0.5, 0.6) is 5.75 Å². The van der Waals surface area contributed by atoms with Crippen molar-refractivity contribution >= 4 is 11.6 Å². The molecule has 152 valence electrons. The third-order valence-corrected chi connectivity index (χ3v) is 6.36. The molecule has 5 nitrogen and oxygen atoms in total. The lowest BCUT2D eigenvalue weighted by molar-refractivity contribution is 0.0951. The van der Waals surface area contributed by atoms with Crippen LogP contribution in [0.15, 0.2) is 42.5 Å². The molecule has 0 radical (unpaired) electrons. The Bertz CT molecular complexity index is 891. The summed E-state index contributed by atoms with van der Waals surface area (Å²) in [5.74, 6) is 1.42. The second kappa shape index (κ2) is 7.71. The molecule has 2 aromatic rings. The highest BCUT2D eigenvalue weighted by Crippen LogP contribution is 2.47. The van der Waals surface area contributed by atoms with E-state index >= 15 is 0 Å². The summed E-state index contributed by atoms with van der Waals surface area (Å²) in [6.07, 6.45) is 4.55.